The average Bonchev–Trinajstić information content (AvgIpc) is 3.29. The average molecular weight is 396 g/mol. The number of imidazole rings is 1. The van der Waals surface area contributed by atoms with E-state index in [1.165, 1.54) is 6.20 Å². The minimum atomic E-state index is -0.592. The Kier molecular flexibility index (Phi) is 4.87. The van der Waals surface area contributed by atoms with Crippen molar-refractivity contribution in [3.05, 3.63) is 54.8 Å². The zero-order valence-electron chi connectivity index (χ0n) is 15.4. The molecule has 0 saturated carbocycles. The van der Waals surface area contributed by atoms with Crippen LogP contribution in [0.1, 0.15) is 10.4 Å². The molecule has 0 spiro atoms. The number of aromatic nitrogens is 6. The SMILES string of the molecule is COCCn1cncc1-c1ccncc1NC(=O)c1c(N)nn2cc(F)cnc12. The molecule has 11 heteroatoms. The number of rotatable bonds is 6. The van der Waals surface area contributed by atoms with Crippen LogP contribution in [0.3, 0.4) is 0 Å². The maximum Gasteiger partial charge on any atom is 0.263 e. The minimum absolute atomic E-state index is 0.0488. The maximum absolute atomic E-state index is 13.4. The number of nitrogens with two attached hydrogens (primary N) is 1. The number of ether oxygens (including phenoxy) is 1. The minimum Gasteiger partial charge on any atom is -0.383 e. The molecule has 0 aliphatic carbocycles. The summed E-state index contributed by atoms with van der Waals surface area (Å²) in [5.41, 5.74) is 8.03. The second-order valence-electron chi connectivity index (χ2n) is 6.14. The van der Waals surface area contributed by atoms with Crippen LogP contribution < -0.4 is 11.1 Å². The lowest BCUT2D eigenvalue weighted by molar-refractivity contribution is 0.102. The first-order valence-corrected chi connectivity index (χ1v) is 8.62. The van der Waals surface area contributed by atoms with Gasteiger partial charge >= 0.3 is 0 Å². The number of nitrogens with one attached hydrogen (secondary N) is 1. The van der Waals surface area contributed by atoms with E-state index in [2.05, 4.69) is 25.4 Å². The van der Waals surface area contributed by atoms with E-state index >= 15 is 0 Å². The van der Waals surface area contributed by atoms with Gasteiger partial charge in [0.15, 0.2) is 17.3 Å². The highest BCUT2D eigenvalue weighted by Crippen LogP contribution is 2.28. The van der Waals surface area contributed by atoms with Gasteiger partial charge in [0.25, 0.3) is 5.91 Å². The topological polar surface area (TPSA) is 125 Å². The Morgan fingerprint density at radius 2 is 2.17 bits per heavy atom. The number of nitrogen functional groups attached to an aromatic ring is 1. The molecule has 29 heavy (non-hydrogen) atoms. The molecule has 0 aliphatic heterocycles. The van der Waals surface area contributed by atoms with Crippen molar-refractivity contribution in [1.82, 2.24) is 29.1 Å². The summed E-state index contributed by atoms with van der Waals surface area (Å²) in [4.78, 5) is 25.1. The first-order chi connectivity index (χ1) is 14.1. The number of amides is 1. The third-order valence-corrected chi connectivity index (χ3v) is 4.29. The van der Waals surface area contributed by atoms with Gasteiger partial charge in [-0.25, -0.2) is 18.9 Å². The van der Waals surface area contributed by atoms with Gasteiger partial charge in [0.2, 0.25) is 0 Å². The van der Waals surface area contributed by atoms with Gasteiger partial charge in [0.1, 0.15) is 5.56 Å². The normalized spacial score (nSPS) is 11.1. The van der Waals surface area contributed by atoms with Crippen LogP contribution in [-0.2, 0) is 11.3 Å². The van der Waals surface area contributed by atoms with Crippen molar-refractivity contribution >= 4 is 23.1 Å². The van der Waals surface area contributed by atoms with Gasteiger partial charge in [-0.3, -0.25) is 9.78 Å². The van der Waals surface area contributed by atoms with Crippen molar-refractivity contribution in [3.63, 3.8) is 0 Å². The zero-order valence-corrected chi connectivity index (χ0v) is 15.4. The highest BCUT2D eigenvalue weighted by Gasteiger charge is 2.21. The summed E-state index contributed by atoms with van der Waals surface area (Å²) in [5, 5.41) is 6.74. The van der Waals surface area contributed by atoms with Gasteiger partial charge in [-0.2, -0.15) is 0 Å². The van der Waals surface area contributed by atoms with Crippen LogP contribution in [0.25, 0.3) is 16.9 Å². The van der Waals surface area contributed by atoms with Crippen LogP contribution in [-0.4, -0.2) is 48.8 Å². The van der Waals surface area contributed by atoms with Crippen molar-refractivity contribution in [2.45, 2.75) is 6.54 Å². The Labute approximate surface area is 164 Å². The van der Waals surface area contributed by atoms with Gasteiger partial charge in [-0.15, -0.1) is 5.10 Å². The molecule has 4 rings (SSSR count). The van der Waals surface area contributed by atoms with Gasteiger partial charge in [-0.05, 0) is 6.07 Å². The number of carbonyl (C=O) groups excluding carboxylic acids is 1. The van der Waals surface area contributed by atoms with E-state index in [4.69, 9.17) is 10.5 Å². The molecule has 4 aromatic heterocycles. The molecular weight excluding hydrogens is 379 g/mol. The second kappa shape index (κ2) is 7.64. The van der Waals surface area contributed by atoms with Gasteiger partial charge in [-0.1, -0.05) is 0 Å². The lowest BCUT2D eigenvalue weighted by atomic mass is 10.1. The number of anilines is 2. The van der Waals surface area contributed by atoms with Crippen LogP contribution in [0, 0.1) is 5.82 Å². The molecule has 0 fully saturated rings. The Morgan fingerprint density at radius 1 is 1.31 bits per heavy atom. The first kappa shape index (κ1) is 18.5. The predicted molar refractivity (Wildman–Crippen MR) is 103 cm³/mol. The number of nitrogens with zero attached hydrogens (tertiary/aromatic N) is 6. The molecule has 4 heterocycles. The summed E-state index contributed by atoms with van der Waals surface area (Å²) in [7, 11) is 1.62. The summed E-state index contributed by atoms with van der Waals surface area (Å²) in [6, 6.07) is 1.77. The molecule has 4 aromatic rings. The van der Waals surface area contributed by atoms with Crippen molar-refractivity contribution < 1.29 is 13.9 Å². The summed E-state index contributed by atoms with van der Waals surface area (Å²) in [6.45, 7) is 1.11. The second-order valence-corrected chi connectivity index (χ2v) is 6.14. The molecule has 0 unspecified atom stereocenters. The number of hydrogen-bond donors (Lipinski definition) is 2. The van der Waals surface area contributed by atoms with Crippen molar-refractivity contribution in [2.75, 3.05) is 24.8 Å². The molecule has 10 nitrogen and oxygen atoms in total. The van der Waals surface area contributed by atoms with E-state index < -0.39 is 11.7 Å². The predicted octanol–water partition coefficient (Wildman–Crippen LogP) is 1.61. The Morgan fingerprint density at radius 3 is 3.00 bits per heavy atom. The van der Waals surface area contributed by atoms with E-state index in [1.807, 2.05) is 4.57 Å². The molecule has 0 radical (unpaired) electrons. The number of hydrogen-bond acceptors (Lipinski definition) is 7. The Bertz CT molecular complexity index is 1190. The zero-order chi connectivity index (χ0) is 20.4. The van der Waals surface area contributed by atoms with Crippen molar-refractivity contribution in [2.24, 2.45) is 0 Å². The molecule has 3 N–H and O–H groups in total. The van der Waals surface area contributed by atoms with Crippen LogP contribution >= 0.6 is 0 Å². The number of methoxy groups -OCH3 is 1. The summed E-state index contributed by atoms with van der Waals surface area (Å²) >= 11 is 0. The fourth-order valence-electron chi connectivity index (χ4n) is 2.96. The van der Waals surface area contributed by atoms with Crippen LogP contribution in [0.5, 0.6) is 0 Å². The lowest BCUT2D eigenvalue weighted by Gasteiger charge is -2.12. The van der Waals surface area contributed by atoms with Gasteiger partial charge in [0, 0.05) is 25.4 Å². The van der Waals surface area contributed by atoms with E-state index in [1.54, 1.807) is 31.9 Å². The van der Waals surface area contributed by atoms with Crippen molar-refractivity contribution in [1.29, 1.82) is 0 Å². The lowest BCUT2D eigenvalue weighted by Crippen LogP contribution is -2.15. The largest absolute Gasteiger partial charge is 0.383 e. The fraction of sp³-hybridized carbons (Fsp3) is 0.167. The number of pyridine rings is 1. The van der Waals surface area contributed by atoms with Crippen molar-refractivity contribution in [3.8, 4) is 11.3 Å². The molecule has 0 aromatic carbocycles. The molecule has 148 valence electrons. The molecule has 0 atom stereocenters. The number of carbonyl (C=O) groups is 1. The van der Waals surface area contributed by atoms with E-state index in [0.717, 1.165) is 28.2 Å². The summed E-state index contributed by atoms with van der Waals surface area (Å²) < 4.78 is 21.5. The quantitative estimate of drug-likeness (QED) is 0.507. The molecular formula is C18H17FN8O2. The Hall–Kier alpha value is -3.86. The molecule has 0 bridgehead atoms. The van der Waals surface area contributed by atoms with E-state index in [9.17, 15) is 9.18 Å². The van der Waals surface area contributed by atoms with E-state index in [-0.39, 0.29) is 17.0 Å². The number of halogens is 1. The maximum atomic E-state index is 13.4. The smallest absolute Gasteiger partial charge is 0.263 e. The summed E-state index contributed by atoms with van der Waals surface area (Å²) in [6.07, 6.45) is 8.61. The molecule has 0 aliphatic rings. The Balaban J connectivity index is 1.69. The van der Waals surface area contributed by atoms with E-state index in [0.29, 0.717) is 18.8 Å². The molecule has 1 amide bonds. The highest BCUT2D eigenvalue weighted by atomic mass is 19.1. The molecule has 0 saturated heterocycles. The third-order valence-electron chi connectivity index (χ3n) is 4.29. The standard InChI is InChI=1S/C18H17FN8O2/c1-29-5-4-26-10-22-8-14(26)12-2-3-21-7-13(12)24-18(28)15-16(20)25-27-9-11(19)6-23-17(15)27/h2-3,6-10H,4-5H2,1H3,(H2,20,25)(H,24,28). The van der Waals surface area contributed by atoms with Crippen LogP contribution in [0.15, 0.2) is 43.4 Å². The van der Waals surface area contributed by atoms with Gasteiger partial charge < -0.3 is 20.4 Å². The monoisotopic (exact) mass is 396 g/mol. The highest BCUT2D eigenvalue weighted by molar-refractivity contribution is 6.12. The van der Waals surface area contributed by atoms with Crippen LogP contribution in [0.2, 0.25) is 0 Å². The summed E-state index contributed by atoms with van der Waals surface area (Å²) in [5.74, 6) is -1.18. The van der Waals surface area contributed by atoms with Gasteiger partial charge in [0.05, 0.1) is 49.1 Å². The first-order valence-electron chi connectivity index (χ1n) is 8.62. The third kappa shape index (κ3) is 3.50. The fourth-order valence-corrected chi connectivity index (χ4v) is 2.96. The van der Waals surface area contributed by atoms with Crippen LogP contribution in [0.4, 0.5) is 15.9 Å². The number of fused-ring (bicyclic) bond motifs is 1.